The van der Waals surface area contributed by atoms with Gasteiger partial charge in [0.25, 0.3) is 11.6 Å². The van der Waals surface area contributed by atoms with Gasteiger partial charge in [-0.25, -0.2) is 0 Å². The fourth-order valence-corrected chi connectivity index (χ4v) is 2.50. The van der Waals surface area contributed by atoms with Crippen molar-refractivity contribution >= 4 is 49.1 Å². The minimum atomic E-state index is -0.536. The zero-order chi connectivity index (χ0) is 15.6. The number of nitro groups is 1. The van der Waals surface area contributed by atoms with E-state index in [1.165, 1.54) is 18.2 Å². The number of amides is 1. The van der Waals surface area contributed by atoms with E-state index in [9.17, 15) is 14.9 Å². The van der Waals surface area contributed by atoms with Crippen molar-refractivity contribution in [1.82, 2.24) is 0 Å². The summed E-state index contributed by atoms with van der Waals surface area (Å²) < 4.78 is 1.23. The molecule has 0 aliphatic heterocycles. The van der Waals surface area contributed by atoms with E-state index in [0.717, 1.165) is 10.0 Å². The Bertz CT molecular complexity index is 732. The molecular weight excluding hydrogens is 404 g/mol. The first kappa shape index (κ1) is 15.7. The zero-order valence-corrected chi connectivity index (χ0v) is 14.1. The van der Waals surface area contributed by atoms with E-state index < -0.39 is 10.8 Å². The van der Waals surface area contributed by atoms with Crippen LogP contribution >= 0.6 is 31.9 Å². The molecule has 0 aliphatic carbocycles. The van der Waals surface area contributed by atoms with E-state index >= 15 is 0 Å². The second kappa shape index (κ2) is 6.36. The average molecular weight is 414 g/mol. The normalized spacial score (nSPS) is 10.2. The van der Waals surface area contributed by atoms with Crippen molar-refractivity contribution in [2.75, 3.05) is 5.32 Å². The predicted octanol–water partition coefficient (Wildman–Crippen LogP) is 4.68. The first-order valence-electron chi connectivity index (χ1n) is 5.90. The molecule has 5 nitrogen and oxygen atoms in total. The molecule has 0 radical (unpaired) electrons. The highest BCUT2D eigenvalue weighted by Crippen LogP contribution is 2.27. The number of hydrogen-bond donors (Lipinski definition) is 1. The number of rotatable bonds is 3. The van der Waals surface area contributed by atoms with E-state index in [1.54, 1.807) is 0 Å². The smallest absolute Gasteiger partial charge is 0.270 e. The van der Waals surface area contributed by atoms with Crippen molar-refractivity contribution in [3.05, 3.63) is 66.6 Å². The first-order chi connectivity index (χ1) is 9.88. The molecule has 7 heteroatoms. The monoisotopic (exact) mass is 412 g/mol. The summed E-state index contributed by atoms with van der Waals surface area (Å²) in [5, 5.41) is 13.5. The van der Waals surface area contributed by atoms with Crippen molar-refractivity contribution in [1.29, 1.82) is 0 Å². The summed E-state index contributed by atoms with van der Waals surface area (Å²) in [7, 11) is 0. The van der Waals surface area contributed by atoms with Crippen molar-refractivity contribution in [2.24, 2.45) is 0 Å². The van der Waals surface area contributed by atoms with Crippen molar-refractivity contribution in [2.45, 2.75) is 6.92 Å². The van der Waals surface area contributed by atoms with E-state index in [4.69, 9.17) is 0 Å². The van der Waals surface area contributed by atoms with Gasteiger partial charge in [0.15, 0.2) is 0 Å². The van der Waals surface area contributed by atoms with Gasteiger partial charge < -0.3 is 5.32 Å². The number of nitro benzene ring substituents is 1. The van der Waals surface area contributed by atoms with Crippen LogP contribution in [0.5, 0.6) is 0 Å². The number of nitrogens with zero attached hydrogens (tertiary/aromatic N) is 1. The van der Waals surface area contributed by atoms with Gasteiger partial charge in [0.2, 0.25) is 0 Å². The second-order valence-corrected chi connectivity index (χ2v) is 6.07. The van der Waals surface area contributed by atoms with Crippen LogP contribution in [-0.4, -0.2) is 10.8 Å². The quantitative estimate of drug-likeness (QED) is 0.586. The molecule has 1 amide bonds. The van der Waals surface area contributed by atoms with Gasteiger partial charge >= 0.3 is 0 Å². The highest BCUT2D eigenvalue weighted by atomic mass is 79.9. The lowest BCUT2D eigenvalue weighted by Crippen LogP contribution is -2.13. The molecule has 108 valence electrons. The molecule has 2 aromatic carbocycles. The average Bonchev–Trinajstić information content (AvgIpc) is 2.43. The molecule has 0 saturated carbocycles. The lowest BCUT2D eigenvalue weighted by atomic mass is 10.1. The molecule has 21 heavy (non-hydrogen) atoms. The SMILES string of the molecule is Cc1ccc(Br)c(NC(=O)c2cc([N+](=O)[O-])ccc2Br)c1. The third-order valence-corrected chi connectivity index (χ3v) is 4.16. The summed E-state index contributed by atoms with van der Waals surface area (Å²) in [5.41, 5.74) is 1.68. The predicted molar refractivity (Wildman–Crippen MR) is 87.6 cm³/mol. The van der Waals surface area contributed by atoms with Crippen molar-refractivity contribution < 1.29 is 9.72 Å². The van der Waals surface area contributed by atoms with Crippen LogP contribution in [0, 0.1) is 17.0 Å². The number of benzene rings is 2. The van der Waals surface area contributed by atoms with Crippen LogP contribution in [0.1, 0.15) is 15.9 Å². The molecule has 0 aliphatic rings. The topological polar surface area (TPSA) is 72.2 Å². The van der Waals surface area contributed by atoms with Crippen LogP contribution in [0.4, 0.5) is 11.4 Å². The number of halogens is 2. The molecular formula is C14H10Br2N2O3. The molecule has 0 heterocycles. The van der Waals surface area contributed by atoms with Crippen LogP contribution in [0.3, 0.4) is 0 Å². The summed E-state index contributed by atoms with van der Waals surface area (Å²) >= 11 is 6.58. The maximum atomic E-state index is 12.3. The third kappa shape index (κ3) is 3.68. The number of carbonyl (C=O) groups excluding carboxylic acids is 1. The minimum Gasteiger partial charge on any atom is -0.321 e. The van der Waals surface area contributed by atoms with Gasteiger partial charge in [-0.3, -0.25) is 14.9 Å². The maximum Gasteiger partial charge on any atom is 0.270 e. The zero-order valence-electron chi connectivity index (χ0n) is 10.9. The van der Waals surface area contributed by atoms with Crippen LogP contribution in [-0.2, 0) is 0 Å². The maximum absolute atomic E-state index is 12.3. The highest BCUT2D eigenvalue weighted by molar-refractivity contribution is 9.11. The van der Waals surface area contributed by atoms with Gasteiger partial charge in [-0.05, 0) is 62.5 Å². The van der Waals surface area contributed by atoms with E-state index in [1.807, 2.05) is 25.1 Å². The first-order valence-corrected chi connectivity index (χ1v) is 7.48. The third-order valence-electron chi connectivity index (χ3n) is 2.78. The molecule has 0 atom stereocenters. The largest absolute Gasteiger partial charge is 0.321 e. The Morgan fingerprint density at radius 3 is 2.48 bits per heavy atom. The molecule has 0 aromatic heterocycles. The standard InChI is InChI=1S/C14H10Br2N2O3/c1-8-2-4-12(16)13(6-8)17-14(19)10-7-9(18(20)21)3-5-11(10)15/h2-7H,1H3,(H,17,19). The van der Waals surface area contributed by atoms with Crippen LogP contribution in [0.15, 0.2) is 45.3 Å². The Morgan fingerprint density at radius 1 is 1.14 bits per heavy atom. The van der Waals surface area contributed by atoms with Gasteiger partial charge in [-0.2, -0.15) is 0 Å². The van der Waals surface area contributed by atoms with Gasteiger partial charge in [-0.1, -0.05) is 6.07 Å². The Morgan fingerprint density at radius 2 is 1.81 bits per heavy atom. The molecule has 1 N–H and O–H groups in total. The van der Waals surface area contributed by atoms with Gasteiger partial charge in [0.1, 0.15) is 0 Å². The fourth-order valence-electron chi connectivity index (χ4n) is 1.73. The number of non-ortho nitro benzene ring substituents is 1. The summed E-state index contributed by atoms with van der Waals surface area (Å²) in [5.74, 6) is -0.420. The number of anilines is 1. The van der Waals surface area contributed by atoms with Crippen LogP contribution in [0.25, 0.3) is 0 Å². The molecule has 0 spiro atoms. The second-order valence-electron chi connectivity index (χ2n) is 4.36. The molecule has 2 aromatic rings. The molecule has 0 unspecified atom stereocenters. The highest BCUT2D eigenvalue weighted by Gasteiger charge is 2.16. The molecule has 2 rings (SSSR count). The summed E-state index contributed by atoms with van der Waals surface area (Å²) in [6.07, 6.45) is 0. The minimum absolute atomic E-state index is 0.133. The van der Waals surface area contributed by atoms with E-state index in [2.05, 4.69) is 37.2 Å². The van der Waals surface area contributed by atoms with E-state index in [0.29, 0.717) is 10.2 Å². The molecule has 0 fully saturated rings. The number of nitrogens with one attached hydrogen (secondary N) is 1. The Balaban J connectivity index is 2.34. The van der Waals surface area contributed by atoms with Gasteiger partial charge in [0, 0.05) is 21.1 Å². The Kier molecular flexibility index (Phi) is 4.74. The van der Waals surface area contributed by atoms with Crippen LogP contribution < -0.4 is 5.32 Å². The molecule has 0 saturated heterocycles. The van der Waals surface area contributed by atoms with Crippen molar-refractivity contribution in [3.63, 3.8) is 0 Å². The van der Waals surface area contributed by atoms with Crippen molar-refractivity contribution in [3.8, 4) is 0 Å². The number of hydrogen-bond acceptors (Lipinski definition) is 3. The summed E-state index contributed by atoms with van der Waals surface area (Å²) in [4.78, 5) is 22.5. The lowest BCUT2D eigenvalue weighted by molar-refractivity contribution is -0.384. The summed E-state index contributed by atoms with van der Waals surface area (Å²) in [6.45, 7) is 1.91. The van der Waals surface area contributed by atoms with Gasteiger partial charge in [0.05, 0.1) is 16.2 Å². The number of aryl methyl sites for hydroxylation is 1. The van der Waals surface area contributed by atoms with E-state index in [-0.39, 0.29) is 11.3 Å². The Labute approximate surface area is 137 Å². The van der Waals surface area contributed by atoms with Crippen LogP contribution in [0.2, 0.25) is 0 Å². The fraction of sp³-hybridized carbons (Fsp3) is 0.0714. The Hall–Kier alpha value is -1.73. The van der Waals surface area contributed by atoms with Gasteiger partial charge in [-0.15, -0.1) is 0 Å². The lowest BCUT2D eigenvalue weighted by Gasteiger charge is -2.09. The number of carbonyl (C=O) groups is 1. The molecule has 0 bridgehead atoms. The summed E-state index contributed by atoms with van der Waals surface area (Å²) in [6, 6.07) is 9.61.